The summed E-state index contributed by atoms with van der Waals surface area (Å²) in [6, 6.07) is 14.3. The van der Waals surface area contributed by atoms with Gasteiger partial charge in [0.1, 0.15) is 0 Å². The molecule has 0 atom stereocenters. The van der Waals surface area contributed by atoms with Gasteiger partial charge >= 0.3 is 0 Å². The van der Waals surface area contributed by atoms with E-state index in [0.29, 0.717) is 0 Å². The van der Waals surface area contributed by atoms with Crippen molar-refractivity contribution in [1.29, 1.82) is 0 Å². The molecule has 0 saturated heterocycles. The second-order valence-corrected chi connectivity index (χ2v) is 12.2. The fourth-order valence-electron chi connectivity index (χ4n) is 5.92. The summed E-state index contributed by atoms with van der Waals surface area (Å²) in [4.78, 5) is 8.42. The zero-order chi connectivity index (χ0) is 30.7. The van der Waals surface area contributed by atoms with E-state index < -0.39 is 0 Å². The number of hydrogen-bond donors (Lipinski definition) is 0. The first-order valence-electron chi connectivity index (χ1n) is 16.8. The molecule has 2 heteroatoms. The number of unbranched alkanes of at least 4 members (excludes halogenated alkanes) is 10. The van der Waals surface area contributed by atoms with Crippen molar-refractivity contribution in [3.05, 3.63) is 82.0 Å². The van der Waals surface area contributed by atoms with E-state index in [1.165, 1.54) is 123 Å². The highest BCUT2D eigenvalue weighted by Gasteiger charge is 2.14. The number of benzene rings is 2. The van der Waals surface area contributed by atoms with Gasteiger partial charge in [0, 0.05) is 14.1 Å². The lowest BCUT2D eigenvalue weighted by Gasteiger charge is -2.16. The molecule has 0 heterocycles. The van der Waals surface area contributed by atoms with Crippen molar-refractivity contribution in [2.75, 3.05) is 14.1 Å². The Morgan fingerprint density at radius 1 is 0.476 bits per heavy atom. The predicted octanol–water partition coefficient (Wildman–Crippen LogP) is 11.8. The molecule has 0 radical (unpaired) electrons. The Hall–Kier alpha value is -2.74. The van der Waals surface area contributed by atoms with Crippen molar-refractivity contribution in [3.8, 4) is 11.1 Å². The lowest BCUT2D eigenvalue weighted by Crippen LogP contribution is -2.19. The molecule has 0 aromatic heterocycles. The zero-order valence-electron chi connectivity index (χ0n) is 28.4. The molecule has 0 aliphatic heterocycles. The van der Waals surface area contributed by atoms with Gasteiger partial charge in [0.25, 0.3) is 0 Å². The van der Waals surface area contributed by atoms with Gasteiger partial charge in [-0.25, -0.2) is 0 Å². The van der Waals surface area contributed by atoms with Gasteiger partial charge in [-0.05, 0) is 86.8 Å². The van der Waals surface area contributed by atoms with E-state index >= 15 is 0 Å². The van der Waals surface area contributed by atoms with Crippen LogP contribution in [0, 0.1) is 13.8 Å². The highest BCUT2D eigenvalue weighted by Crippen LogP contribution is 2.31. The topological polar surface area (TPSA) is 24.7 Å². The smallest absolute Gasteiger partial charge is 0.0854 e. The van der Waals surface area contributed by atoms with E-state index in [1.54, 1.807) is 25.2 Å². The minimum Gasteiger partial charge on any atom is -0.286 e. The first kappa shape index (κ1) is 35.5. The zero-order valence-corrected chi connectivity index (χ0v) is 28.4. The average molecular weight is 569 g/mol. The summed E-state index contributed by atoms with van der Waals surface area (Å²) < 4.78 is 0. The Kier molecular flexibility index (Phi) is 17.1. The maximum Gasteiger partial charge on any atom is 0.0854 e. The van der Waals surface area contributed by atoms with Crippen molar-refractivity contribution in [1.82, 2.24) is 0 Å². The summed E-state index contributed by atoms with van der Waals surface area (Å²) in [5.74, 6) is 0. The van der Waals surface area contributed by atoms with E-state index in [-0.39, 0.29) is 0 Å². The quantitative estimate of drug-likeness (QED) is 0.151. The molecule has 0 unspecified atom stereocenters. The molecule has 0 N–H and O–H groups in total. The summed E-state index contributed by atoms with van der Waals surface area (Å²) in [5.41, 5.74) is 13.2. The van der Waals surface area contributed by atoms with Crippen LogP contribution >= 0.6 is 0 Å². The SMILES string of the molecule is CCCCCCCCc1cc(C)ccc1-c1ccc(C)cc1CCCCCCCC.CN=C1C(C)=CC=C(C)C1=NC. The van der Waals surface area contributed by atoms with Crippen LogP contribution in [0.25, 0.3) is 11.1 Å². The monoisotopic (exact) mass is 568 g/mol. The van der Waals surface area contributed by atoms with E-state index in [4.69, 9.17) is 0 Å². The van der Waals surface area contributed by atoms with Gasteiger partial charge in [-0.1, -0.05) is 138 Å². The van der Waals surface area contributed by atoms with Gasteiger partial charge in [-0.3, -0.25) is 9.98 Å². The van der Waals surface area contributed by atoms with Crippen molar-refractivity contribution >= 4 is 11.4 Å². The van der Waals surface area contributed by atoms with Crippen molar-refractivity contribution in [2.45, 2.75) is 131 Å². The minimum absolute atomic E-state index is 1.01. The van der Waals surface area contributed by atoms with E-state index in [2.05, 4.69) is 100 Å². The predicted molar refractivity (Wildman–Crippen MR) is 190 cm³/mol. The number of aliphatic imine (C=N–C) groups is 2. The number of aryl methyl sites for hydroxylation is 4. The Morgan fingerprint density at radius 3 is 1.19 bits per heavy atom. The first-order valence-corrected chi connectivity index (χ1v) is 16.8. The van der Waals surface area contributed by atoms with Gasteiger partial charge in [0.2, 0.25) is 0 Å². The van der Waals surface area contributed by atoms with Gasteiger partial charge in [-0.2, -0.15) is 0 Å². The summed E-state index contributed by atoms with van der Waals surface area (Å²) >= 11 is 0. The second-order valence-electron chi connectivity index (χ2n) is 12.2. The van der Waals surface area contributed by atoms with Crippen LogP contribution in [0.4, 0.5) is 0 Å². The molecular weight excluding hydrogens is 508 g/mol. The maximum absolute atomic E-state index is 4.21. The molecule has 1 aliphatic rings. The molecule has 230 valence electrons. The average Bonchev–Trinajstić information content (AvgIpc) is 2.98. The Labute approximate surface area is 259 Å². The van der Waals surface area contributed by atoms with Gasteiger partial charge in [0.15, 0.2) is 0 Å². The highest BCUT2D eigenvalue weighted by atomic mass is 14.8. The minimum atomic E-state index is 1.01. The molecule has 0 fully saturated rings. The van der Waals surface area contributed by atoms with Gasteiger partial charge < -0.3 is 0 Å². The van der Waals surface area contributed by atoms with Crippen LogP contribution < -0.4 is 0 Å². The van der Waals surface area contributed by atoms with E-state index in [1.807, 2.05) is 0 Å². The molecule has 2 nitrogen and oxygen atoms in total. The summed E-state index contributed by atoms with van der Waals surface area (Å²) in [5, 5.41) is 0. The molecule has 0 saturated carbocycles. The maximum atomic E-state index is 4.21. The number of nitrogens with zero attached hydrogens (tertiary/aromatic N) is 2. The Bertz CT molecular complexity index is 1110. The van der Waals surface area contributed by atoms with Gasteiger partial charge in [0.05, 0.1) is 11.4 Å². The number of hydrogen-bond acceptors (Lipinski definition) is 2. The van der Waals surface area contributed by atoms with Crippen molar-refractivity contribution < 1.29 is 0 Å². The molecule has 0 bridgehead atoms. The van der Waals surface area contributed by atoms with Crippen LogP contribution in [0.15, 0.2) is 69.7 Å². The summed E-state index contributed by atoms with van der Waals surface area (Å²) in [6.07, 6.45) is 23.0. The fourth-order valence-corrected chi connectivity index (χ4v) is 5.92. The number of rotatable bonds is 15. The van der Waals surface area contributed by atoms with Crippen molar-refractivity contribution in [3.63, 3.8) is 0 Å². The normalized spacial score (nSPS) is 15.0. The van der Waals surface area contributed by atoms with Crippen LogP contribution in [0.2, 0.25) is 0 Å². The van der Waals surface area contributed by atoms with E-state index in [9.17, 15) is 0 Å². The molecule has 2 aromatic rings. The molecular formula is C40H60N2. The summed E-state index contributed by atoms with van der Waals surface area (Å²) in [7, 11) is 3.60. The fraction of sp³-hybridized carbons (Fsp3) is 0.550. The standard InChI is InChI=1S/C30H46.C10H14N2/c1-5-7-9-11-13-15-17-27-23-25(3)19-21-29(27)30-22-20-26(4)24-28(30)18-16-14-12-10-8-6-2;1-7-5-6-8(2)10(12-4)9(7)11-3/h19-24H,5-18H2,1-4H3;5-6H,1-4H3. The Balaban J connectivity index is 0.000000428. The van der Waals surface area contributed by atoms with Gasteiger partial charge in [-0.15, -0.1) is 0 Å². The molecule has 1 aliphatic carbocycles. The molecule has 3 rings (SSSR count). The van der Waals surface area contributed by atoms with Crippen LogP contribution in [0.3, 0.4) is 0 Å². The number of allylic oxidation sites excluding steroid dienone is 4. The molecule has 0 spiro atoms. The highest BCUT2D eigenvalue weighted by molar-refractivity contribution is 6.54. The second kappa shape index (κ2) is 20.2. The summed E-state index contributed by atoms with van der Waals surface area (Å²) in [6.45, 7) is 13.2. The van der Waals surface area contributed by atoms with Crippen molar-refractivity contribution in [2.24, 2.45) is 9.98 Å². The lowest BCUT2D eigenvalue weighted by atomic mass is 9.89. The van der Waals surface area contributed by atoms with Crippen LogP contribution in [0.5, 0.6) is 0 Å². The van der Waals surface area contributed by atoms with E-state index in [0.717, 1.165) is 11.4 Å². The van der Waals surface area contributed by atoms with Crippen LogP contribution in [0.1, 0.15) is 127 Å². The third-order valence-corrected chi connectivity index (χ3v) is 8.41. The Morgan fingerprint density at radius 2 is 0.833 bits per heavy atom. The molecule has 2 aromatic carbocycles. The third kappa shape index (κ3) is 11.9. The largest absolute Gasteiger partial charge is 0.286 e. The first-order chi connectivity index (χ1) is 20.4. The lowest BCUT2D eigenvalue weighted by molar-refractivity contribution is 0.607. The van der Waals surface area contributed by atoms with Crippen LogP contribution in [-0.2, 0) is 12.8 Å². The molecule has 42 heavy (non-hydrogen) atoms. The third-order valence-electron chi connectivity index (χ3n) is 8.41. The van der Waals surface area contributed by atoms with Crippen LogP contribution in [-0.4, -0.2) is 25.5 Å². The molecule has 0 amide bonds.